The van der Waals surface area contributed by atoms with Crippen molar-refractivity contribution in [2.75, 3.05) is 18.9 Å². The number of aliphatic hydroxyl groups is 2. The van der Waals surface area contributed by atoms with E-state index < -0.39 is 12.4 Å². The van der Waals surface area contributed by atoms with Gasteiger partial charge < -0.3 is 25.4 Å². The van der Waals surface area contributed by atoms with E-state index in [1.165, 1.54) is 0 Å². The largest absolute Gasteiger partial charge is 0.399 e. The molecule has 2 rings (SSSR count). The molecule has 3 atom stereocenters. The molecule has 0 aliphatic carbocycles. The second-order valence-corrected chi connectivity index (χ2v) is 4.86. The minimum absolute atomic E-state index is 0.0884. The van der Waals surface area contributed by atoms with Crippen LogP contribution in [-0.2, 0) is 15.9 Å². The lowest BCUT2D eigenvalue weighted by atomic mass is 10.1. The van der Waals surface area contributed by atoms with Gasteiger partial charge in [0.25, 0.3) is 0 Å². The molecule has 1 aromatic rings. The van der Waals surface area contributed by atoms with Crippen LogP contribution in [0.15, 0.2) is 24.3 Å². The van der Waals surface area contributed by atoms with Gasteiger partial charge in [0.15, 0.2) is 6.29 Å². The van der Waals surface area contributed by atoms with Crippen LogP contribution in [-0.4, -0.2) is 41.9 Å². The fraction of sp³-hybridized carbons (Fsp3) is 0.571. The number of nitrogens with two attached hydrogens (primary N) is 1. The molecule has 1 fully saturated rings. The van der Waals surface area contributed by atoms with Gasteiger partial charge in [-0.2, -0.15) is 0 Å². The first-order valence-electron chi connectivity index (χ1n) is 6.58. The molecule has 1 aliphatic heterocycles. The van der Waals surface area contributed by atoms with Crippen molar-refractivity contribution in [2.24, 2.45) is 0 Å². The van der Waals surface area contributed by atoms with Crippen molar-refractivity contribution in [3.05, 3.63) is 29.8 Å². The molecule has 1 saturated heterocycles. The lowest BCUT2D eigenvalue weighted by Crippen LogP contribution is -2.39. The van der Waals surface area contributed by atoms with Crippen molar-refractivity contribution in [1.82, 2.24) is 0 Å². The lowest BCUT2D eigenvalue weighted by Gasteiger charge is -2.32. The molecule has 1 aliphatic rings. The third kappa shape index (κ3) is 4.47. The normalized spacial score (nSPS) is 27.4. The third-order valence-corrected chi connectivity index (χ3v) is 3.22. The number of hydrogen-bond donors (Lipinski definition) is 3. The van der Waals surface area contributed by atoms with E-state index in [0.717, 1.165) is 17.7 Å². The maximum absolute atomic E-state index is 9.64. The Balaban J connectivity index is 1.74. The molecule has 4 N–H and O–H groups in total. The molecule has 1 aromatic carbocycles. The highest BCUT2D eigenvalue weighted by Crippen LogP contribution is 2.20. The summed E-state index contributed by atoms with van der Waals surface area (Å²) in [6.45, 7) is 0.425. The molecule has 1 heterocycles. The molecular formula is C14H21NO4. The second kappa shape index (κ2) is 6.86. The van der Waals surface area contributed by atoms with Gasteiger partial charge in [0.05, 0.1) is 25.4 Å². The fourth-order valence-electron chi connectivity index (χ4n) is 2.17. The molecule has 106 valence electrons. The van der Waals surface area contributed by atoms with E-state index in [0.29, 0.717) is 19.4 Å². The van der Waals surface area contributed by atoms with Crippen LogP contribution in [0.2, 0.25) is 0 Å². The molecule has 0 bridgehead atoms. The van der Waals surface area contributed by atoms with E-state index >= 15 is 0 Å². The molecule has 0 saturated carbocycles. The van der Waals surface area contributed by atoms with E-state index in [-0.39, 0.29) is 12.7 Å². The number of rotatable bonds is 5. The van der Waals surface area contributed by atoms with Crippen molar-refractivity contribution in [3.8, 4) is 0 Å². The maximum Gasteiger partial charge on any atom is 0.160 e. The maximum atomic E-state index is 9.64. The van der Waals surface area contributed by atoms with E-state index in [1.807, 2.05) is 24.3 Å². The van der Waals surface area contributed by atoms with Crippen LogP contribution in [0.4, 0.5) is 5.69 Å². The number of anilines is 1. The summed E-state index contributed by atoms with van der Waals surface area (Å²) < 4.78 is 11.1. The van der Waals surface area contributed by atoms with Crippen molar-refractivity contribution in [2.45, 2.75) is 37.8 Å². The minimum Gasteiger partial charge on any atom is -0.399 e. The molecule has 0 radical (unpaired) electrons. The summed E-state index contributed by atoms with van der Waals surface area (Å²) >= 11 is 0. The summed E-state index contributed by atoms with van der Waals surface area (Å²) in [5, 5.41) is 18.7. The molecule has 0 spiro atoms. The highest BCUT2D eigenvalue weighted by molar-refractivity contribution is 5.39. The van der Waals surface area contributed by atoms with Crippen LogP contribution in [0.1, 0.15) is 18.4 Å². The van der Waals surface area contributed by atoms with Crippen LogP contribution < -0.4 is 5.73 Å². The fourth-order valence-corrected chi connectivity index (χ4v) is 2.17. The van der Waals surface area contributed by atoms with E-state index in [2.05, 4.69) is 0 Å². The lowest BCUT2D eigenvalue weighted by molar-refractivity contribution is -0.221. The quantitative estimate of drug-likeness (QED) is 0.683. The average molecular weight is 267 g/mol. The smallest absolute Gasteiger partial charge is 0.160 e. The van der Waals surface area contributed by atoms with Gasteiger partial charge in [0, 0.05) is 18.5 Å². The van der Waals surface area contributed by atoms with Crippen LogP contribution in [0.25, 0.3) is 0 Å². The third-order valence-electron chi connectivity index (χ3n) is 3.22. The first-order chi connectivity index (χ1) is 9.17. The molecule has 3 unspecified atom stereocenters. The van der Waals surface area contributed by atoms with Gasteiger partial charge in [0.1, 0.15) is 0 Å². The van der Waals surface area contributed by atoms with Gasteiger partial charge in [-0.1, -0.05) is 12.1 Å². The van der Waals surface area contributed by atoms with Crippen molar-refractivity contribution < 1.29 is 19.7 Å². The Kier molecular flexibility index (Phi) is 5.15. The average Bonchev–Trinajstić information content (AvgIpc) is 2.40. The van der Waals surface area contributed by atoms with Gasteiger partial charge in [-0.25, -0.2) is 0 Å². The Bertz CT molecular complexity index is 382. The topological polar surface area (TPSA) is 84.9 Å². The zero-order valence-electron chi connectivity index (χ0n) is 10.9. The number of aliphatic hydroxyl groups excluding tert-OH is 2. The standard InChI is InChI=1S/C14H21NO4/c15-11-3-1-10(2-4-11)5-6-18-14-8-12(17)7-13(9-16)19-14/h1-4,12-14,16-17H,5-9,15H2. The van der Waals surface area contributed by atoms with Crippen molar-refractivity contribution >= 4 is 5.69 Å². The predicted molar refractivity (Wildman–Crippen MR) is 71.5 cm³/mol. The van der Waals surface area contributed by atoms with E-state index in [4.69, 9.17) is 20.3 Å². The summed E-state index contributed by atoms with van der Waals surface area (Å²) in [7, 11) is 0. The number of nitrogen functional groups attached to an aromatic ring is 1. The Morgan fingerprint density at radius 3 is 2.68 bits per heavy atom. The van der Waals surface area contributed by atoms with E-state index in [1.54, 1.807) is 0 Å². The zero-order valence-corrected chi connectivity index (χ0v) is 10.9. The molecular weight excluding hydrogens is 246 g/mol. The van der Waals surface area contributed by atoms with Gasteiger partial charge in [-0.15, -0.1) is 0 Å². The molecule has 0 aromatic heterocycles. The Hall–Kier alpha value is -1.14. The minimum atomic E-state index is -0.465. The number of ether oxygens (including phenoxy) is 2. The van der Waals surface area contributed by atoms with Crippen molar-refractivity contribution in [1.29, 1.82) is 0 Å². The van der Waals surface area contributed by atoms with Gasteiger partial charge in [0.2, 0.25) is 0 Å². The summed E-state index contributed by atoms with van der Waals surface area (Å²) in [5.74, 6) is 0. The Morgan fingerprint density at radius 2 is 2.00 bits per heavy atom. The van der Waals surface area contributed by atoms with Gasteiger partial charge in [-0.05, 0) is 24.1 Å². The Morgan fingerprint density at radius 1 is 1.26 bits per heavy atom. The second-order valence-electron chi connectivity index (χ2n) is 4.86. The molecule has 5 heteroatoms. The van der Waals surface area contributed by atoms with Crippen molar-refractivity contribution in [3.63, 3.8) is 0 Å². The summed E-state index contributed by atoms with van der Waals surface area (Å²) in [6, 6.07) is 7.65. The number of hydrogen-bond acceptors (Lipinski definition) is 5. The monoisotopic (exact) mass is 267 g/mol. The number of benzene rings is 1. The Labute approximate surface area is 113 Å². The van der Waals surface area contributed by atoms with Crippen LogP contribution in [0, 0.1) is 0 Å². The summed E-state index contributed by atoms with van der Waals surface area (Å²) in [5.41, 5.74) is 7.50. The van der Waals surface area contributed by atoms with Gasteiger partial charge in [-0.3, -0.25) is 0 Å². The van der Waals surface area contributed by atoms with E-state index in [9.17, 15) is 5.11 Å². The predicted octanol–water partition coefficient (Wildman–Crippen LogP) is 0.686. The van der Waals surface area contributed by atoms with Crippen LogP contribution in [0.5, 0.6) is 0 Å². The zero-order chi connectivity index (χ0) is 13.7. The first-order valence-corrected chi connectivity index (χ1v) is 6.58. The summed E-state index contributed by atoms with van der Waals surface area (Å²) in [6.07, 6.45) is 0.458. The molecule has 19 heavy (non-hydrogen) atoms. The van der Waals surface area contributed by atoms with Gasteiger partial charge >= 0.3 is 0 Å². The molecule has 5 nitrogen and oxygen atoms in total. The first kappa shape index (κ1) is 14.3. The van der Waals surface area contributed by atoms with Crippen LogP contribution in [0.3, 0.4) is 0 Å². The SMILES string of the molecule is Nc1ccc(CCOC2CC(O)CC(CO)O2)cc1. The highest BCUT2D eigenvalue weighted by atomic mass is 16.7. The van der Waals surface area contributed by atoms with Crippen LogP contribution >= 0.6 is 0 Å². The summed E-state index contributed by atoms with van der Waals surface area (Å²) in [4.78, 5) is 0. The molecule has 0 amide bonds. The highest BCUT2D eigenvalue weighted by Gasteiger charge is 2.28.